The van der Waals surface area contributed by atoms with Gasteiger partial charge in [0.2, 0.25) is 23.6 Å². The Morgan fingerprint density at radius 2 is 1.94 bits per heavy atom. The summed E-state index contributed by atoms with van der Waals surface area (Å²) in [6.45, 7) is 0.686. The number of likely N-dealkylation sites (tertiary alicyclic amines) is 1. The van der Waals surface area contributed by atoms with E-state index in [1.54, 1.807) is 6.20 Å². The zero-order valence-corrected chi connectivity index (χ0v) is 19.4. The largest absolute Gasteiger partial charge is 0.480 e. The second kappa shape index (κ2) is 13.4. The van der Waals surface area contributed by atoms with Gasteiger partial charge in [0.25, 0.3) is 0 Å². The highest BCUT2D eigenvalue weighted by Gasteiger charge is 2.38. The van der Waals surface area contributed by atoms with Crippen LogP contribution in [0.2, 0.25) is 0 Å². The van der Waals surface area contributed by atoms with Crippen molar-refractivity contribution in [2.45, 2.75) is 69.1 Å². The van der Waals surface area contributed by atoms with Gasteiger partial charge in [0, 0.05) is 24.9 Å². The summed E-state index contributed by atoms with van der Waals surface area (Å²) in [6.07, 6.45) is 4.77. The minimum Gasteiger partial charge on any atom is -0.480 e. The summed E-state index contributed by atoms with van der Waals surface area (Å²) in [7, 11) is 0. The maximum absolute atomic E-state index is 13.0. The summed E-state index contributed by atoms with van der Waals surface area (Å²) >= 11 is 0. The molecule has 2 rings (SSSR count). The van der Waals surface area contributed by atoms with Crippen molar-refractivity contribution in [3.05, 3.63) is 18.2 Å². The average Bonchev–Trinajstić information content (AvgIpc) is 3.49. The predicted molar refractivity (Wildman–Crippen MR) is 123 cm³/mol. The number of amides is 4. The van der Waals surface area contributed by atoms with E-state index in [-0.39, 0.29) is 12.8 Å². The average molecular weight is 495 g/mol. The molecule has 0 spiro atoms. The van der Waals surface area contributed by atoms with Gasteiger partial charge in [-0.2, -0.15) is 0 Å². The van der Waals surface area contributed by atoms with Gasteiger partial charge in [0.15, 0.2) is 0 Å². The Bertz CT molecular complexity index is 892. The molecule has 194 valence electrons. The van der Waals surface area contributed by atoms with Crippen LogP contribution in [0.3, 0.4) is 0 Å². The second-order valence-electron chi connectivity index (χ2n) is 8.49. The standard InChI is InChI=1S/C21H34N8O6/c22-6-2-1-4-14(21(34)35)27-18(31)15(9-17(24)30)28-19(32)16-5-3-7-29(16)20(33)13(23)8-12-10-25-11-26-12/h10-11,13-16H,1-9,22-23H2,(H2,24,30)(H,25,26)(H,27,31)(H,28,32)(H,34,35). The summed E-state index contributed by atoms with van der Waals surface area (Å²) in [5.74, 6) is -4.05. The summed E-state index contributed by atoms with van der Waals surface area (Å²) in [4.78, 5) is 69.8. The molecule has 4 atom stereocenters. The summed E-state index contributed by atoms with van der Waals surface area (Å²) in [5.41, 5.74) is 17.4. The number of carbonyl (C=O) groups is 5. The van der Waals surface area contributed by atoms with Gasteiger partial charge in [-0.15, -0.1) is 0 Å². The molecule has 1 aromatic heterocycles. The molecule has 2 heterocycles. The smallest absolute Gasteiger partial charge is 0.326 e. The van der Waals surface area contributed by atoms with Crippen LogP contribution in [0, 0.1) is 0 Å². The Hall–Kier alpha value is -3.52. The molecule has 0 aliphatic carbocycles. The first-order chi connectivity index (χ1) is 16.6. The van der Waals surface area contributed by atoms with E-state index in [1.165, 1.54) is 11.2 Å². The third-order valence-corrected chi connectivity index (χ3v) is 5.75. The number of hydrogen-bond acceptors (Lipinski definition) is 8. The van der Waals surface area contributed by atoms with Crippen LogP contribution in [0.15, 0.2) is 12.5 Å². The maximum atomic E-state index is 13.0. The van der Waals surface area contributed by atoms with Crippen molar-refractivity contribution >= 4 is 29.6 Å². The van der Waals surface area contributed by atoms with Crippen LogP contribution in [0.1, 0.15) is 44.2 Å². The van der Waals surface area contributed by atoms with Gasteiger partial charge < -0.3 is 42.8 Å². The zero-order valence-electron chi connectivity index (χ0n) is 19.4. The van der Waals surface area contributed by atoms with Gasteiger partial charge in [-0.3, -0.25) is 19.2 Å². The van der Waals surface area contributed by atoms with Gasteiger partial charge in [-0.1, -0.05) is 0 Å². The molecule has 10 N–H and O–H groups in total. The Morgan fingerprint density at radius 1 is 1.20 bits per heavy atom. The number of rotatable bonds is 14. The van der Waals surface area contributed by atoms with E-state index in [1.807, 2.05) is 0 Å². The van der Waals surface area contributed by atoms with Crippen LogP contribution in [-0.2, 0) is 30.4 Å². The summed E-state index contributed by atoms with van der Waals surface area (Å²) < 4.78 is 0. The SMILES string of the molecule is NCCCCC(NC(=O)C(CC(N)=O)NC(=O)C1CCCN1C(=O)C(N)Cc1cnc[nH]1)C(=O)O. The van der Waals surface area contributed by atoms with Crippen molar-refractivity contribution < 1.29 is 29.1 Å². The highest BCUT2D eigenvalue weighted by Crippen LogP contribution is 2.19. The Kier molecular flexibility index (Phi) is 10.6. The molecule has 1 fully saturated rings. The Labute approximate surface area is 202 Å². The number of aromatic nitrogens is 2. The molecule has 1 saturated heterocycles. The van der Waals surface area contributed by atoms with Crippen LogP contribution in [-0.4, -0.2) is 86.8 Å². The van der Waals surface area contributed by atoms with E-state index in [4.69, 9.17) is 17.2 Å². The lowest BCUT2D eigenvalue weighted by atomic mass is 10.1. The lowest BCUT2D eigenvalue weighted by molar-refractivity contribution is -0.143. The van der Waals surface area contributed by atoms with Crippen molar-refractivity contribution in [2.75, 3.05) is 13.1 Å². The topological polar surface area (TPSA) is 240 Å². The number of nitrogens with zero attached hydrogens (tertiary/aromatic N) is 2. The van der Waals surface area contributed by atoms with E-state index >= 15 is 0 Å². The third kappa shape index (κ3) is 8.33. The van der Waals surface area contributed by atoms with Crippen LogP contribution in [0.25, 0.3) is 0 Å². The number of carboxylic acid groups (broad SMARTS) is 1. The van der Waals surface area contributed by atoms with Crippen LogP contribution >= 0.6 is 0 Å². The van der Waals surface area contributed by atoms with E-state index < -0.39 is 60.2 Å². The number of primary amides is 1. The molecule has 1 aliphatic heterocycles. The van der Waals surface area contributed by atoms with Crippen LogP contribution in [0.4, 0.5) is 0 Å². The molecule has 35 heavy (non-hydrogen) atoms. The molecule has 0 radical (unpaired) electrons. The highest BCUT2D eigenvalue weighted by atomic mass is 16.4. The molecule has 0 bridgehead atoms. The molecule has 1 aliphatic rings. The summed E-state index contributed by atoms with van der Waals surface area (Å²) in [6, 6.07) is -4.41. The fourth-order valence-electron chi connectivity index (χ4n) is 3.94. The first-order valence-electron chi connectivity index (χ1n) is 11.5. The molecule has 0 aromatic carbocycles. The Balaban J connectivity index is 2.05. The number of nitrogens with one attached hydrogen (secondary N) is 3. The quantitative estimate of drug-likeness (QED) is 0.133. The van der Waals surface area contributed by atoms with Crippen molar-refractivity contribution in [2.24, 2.45) is 17.2 Å². The van der Waals surface area contributed by atoms with E-state index in [2.05, 4.69) is 20.6 Å². The number of hydrogen-bond donors (Lipinski definition) is 7. The van der Waals surface area contributed by atoms with Crippen molar-refractivity contribution in [1.29, 1.82) is 0 Å². The zero-order chi connectivity index (χ0) is 26.0. The minimum atomic E-state index is -1.40. The van der Waals surface area contributed by atoms with E-state index in [9.17, 15) is 29.1 Å². The molecule has 1 aromatic rings. The van der Waals surface area contributed by atoms with Crippen molar-refractivity contribution in [3.8, 4) is 0 Å². The number of aromatic amines is 1. The van der Waals surface area contributed by atoms with Gasteiger partial charge in [0.1, 0.15) is 18.1 Å². The van der Waals surface area contributed by atoms with Gasteiger partial charge >= 0.3 is 5.97 Å². The van der Waals surface area contributed by atoms with Crippen LogP contribution in [0.5, 0.6) is 0 Å². The van der Waals surface area contributed by atoms with Gasteiger partial charge in [-0.25, -0.2) is 9.78 Å². The fraction of sp³-hybridized carbons (Fsp3) is 0.619. The first-order valence-corrected chi connectivity index (χ1v) is 11.5. The number of H-pyrrole nitrogens is 1. The lowest BCUT2D eigenvalue weighted by Gasteiger charge is -2.28. The molecule has 14 nitrogen and oxygen atoms in total. The van der Waals surface area contributed by atoms with Crippen LogP contribution < -0.4 is 27.8 Å². The van der Waals surface area contributed by atoms with E-state index in [0.29, 0.717) is 44.5 Å². The van der Waals surface area contributed by atoms with Gasteiger partial charge in [0.05, 0.1) is 18.8 Å². The van der Waals surface area contributed by atoms with Crippen molar-refractivity contribution in [1.82, 2.24) is 25.5 Å². The number of imidazole rings is 1. The summed E-state index contributed by atoms with van der Waals surface area (Å²) in [5, 5.41) is 14.2. The monoisotopic (exact) mass is 494 g/mol. The molecule has 4 amide bonds. The number of aliphatic carboxylic acids is 1. The second-order valence-corrected chi connectivity index (χ2v) is 8.49. The molecule has 0 saturated carbocycles. The van der Waals surface area contributed by atoms with E-state index in [0.717, 1.165) is 0 Å². The van der Waals surface area contributed by atoms with Crippen molar-refractivity contribution in [3.63, 3.8) is 0 Å². The minimum absolute atomic E-state index is 0.134. The normalized spacial score (nSPS) is 17.9. The molecule has 4 unspecified atom stereocenters. The molecular formula is C21H34N8O6. The first kappa shape index (κ1) is 27.7. The lowest BCUT2D eigenvalue weighted by Crippen LogP contribution is -2.57. The number of nitrogens with two attached hydrogens (primary N) is 3. The number of unbranched alkanes of at least 4 members (excludes halogenated alkanes) is 1. The number of carbonyl (C=O) groups excluding carboxylic acids is 4. The van der Waals surface area contributed by atoms with Gasteiger partial charge in [-0.05, 0) is 38.6 Å². The molecular weight excluding hydrogens is 460 g/mol. The highest BCUT2D eigenvalue weighted by molar-refractivity contribution is 5.96. The maximum Gasteiger partial charge on any atom is 0.326 e. The third-order valence-electron chi connectivity index (χ3n) is 5.75. The molecule has 14 heteroatoms. The predicted octanol–water partition coefficient (Wildman–Crippen LogP) is -2.67. The fourth-order valence-corrected chi connectivity index (χ4v) is 3.94. The number of carboxylic acids is 1. The Morgan fingerprint density at radius 3 is 2.54 bits per heavy atom.